The summed E-state index contributed by atoms with van der Waals surface area (Å²) in [7, 11) is 0. The molecule has 0 bridgehead atoms. The van der Waals surface area contributed by atoms with E-state index >= 15 is 0 Å². The summed E-state index contributed by atoms with van der Waals surface area (Å²) < 4.78 is 11.6. The summed E-state index contributed by atoms with van der Waals surface area (Å²) in [5, 5.41) is 5.21. The summed E-state index contributed by atoms with van der Waals surface area (Å²) in [6.45, 7) is 4.75. The lowest BCUT2D eigenvalue weighted by atomic mass is 10.1. The minimum absolute atomic E-state index is 0.122. The van der Waals surface area contributed by atoms with Crippen LogP contribution in [-0.2, 0) is 4.79 Å². The number of benzene rings is 3. The Morgan fingerprint density at radius 3 is 2.52 bits per heavy atom. The molecule has 1 atom stereocenters. The molecule has 1 N–H and O–H groups in total. The molecule has 140 valence electrons. The van der Waals surface area contributed by atoms with Crippen molar-refractivity contribution in [3.05, 3.63) is 72.3 Å². The van der Waals surface area contributed by atoms with E-state index in [0.717, 1.165) is 22.4 Å². The third-order valence-electron chi connectivity index (χ3n) is 4.42. The minimum atomic E-state index is -0.508. The highest BCUT2D eigenvalue weighted by atomic mass is 16.5. The molecule has 0 heterocycles. The maximum atomic E-state index is 12.4. The van der Waals surface area contributed by atoms with Gasteiger partial charge in [-0.1, -0.05) is 55.5 Å². The molecule has 3 aromatic carbocycles. The number of amides is 1. The number of para-hydroxylation sites is 1. The Hall–Kier alpha value is -3.01. The predicted octanol–water partition coefficient (Wildman–Crippen LogP) is 4.50. The normalized spacial score (nSPS) is 11.8. The van der Waals surface area contributed by atoms with Gasteiger partial charge < -0.3 is 14.8 Å². The summed E-state index contributed by atoms with van der Waals surface area (Å²) in [4.78, 5) is 12.4. The van der Waals surface area contributed by atoms with Crippen LogP contribution in [0.15, 0.2) is 66.7 Å². The van der Waals surface area contributed by atoms with Crippen LogP contribution in [0, 0.1) is 6.92 Å². The van der Waals surface area contributed by atoms with Crippen molar-refractivity contribution in [2.75, 3.05) is 13.2 Å². The molecule has 0 aliphatic carbocycles. The maximum absolute atomic E-state index is 12.4. The van der Waals surface area contributed by atoms with E-state index in [1.165, 1.54) is 5.39 Å². The molecule has 4 nitrogen and oxygen atoms in total. The first-order chi connectivity index (χ1) is 13.2. The summed E-state index contributed by atoms with van der Waals surface area (Å²) in [6.07, 6.45) is 0.0953. The van der Waals surface area contributed by atoms with Gasteiger partial charge in [-0.05, 0) is 47.9 Å². The Bertz CT molecular complexity index is 907. The van der Waals surface area contributed by atoms with Gasteiger partial charge in [-0.15, -0.1) is 0 Å². The number of hydrogen-bond donors (Lipinski definition) is 1. The van der Waals surface area contributed by atoms with E-state index in [1.54, 1.807) is 0 Å². The SMILES string of the molecule is CC[C@@H](Oc1ccccc1C)C(=O)NCCOc1ccc2ccccc2c1. The lowest BCUT2D eigenvalue weighted by molar-refractivity contribution is -0.128. The van der Waals surface area contributed by atoms with Gasteiger partial charge in [0.05, 0.1) is 6.54 Å². The molecule has 27 heavy (non-hydrogen) atoms. The van der Waals surface area contributed by atoms with Gasteiger partial charge in [0, 0.05) is 0 Å². The Kier molecular flexibility index (Phi) is 6.31. The number of carbonyl (C=O) groups excluding carboxylic acids is 1. The van der Waals surface area contributed by atoms with Crippen LogP contribution in [-0.4, -0.2) is 25.2 Å². The van der Waals surface area contributed by atoms with E-state index in [0.29, 0.717) is 19.6 Å². The van der Waals surface area contributed by atoms with Crippen LogP contribution in [0.3, 0.4) is 0 Å². The number of carbonyl (C=O) groups is 1. The van der Waals surface area contributed by atoms with Crippen LogP contribution in [0.1, 0.15) is 18.9 Å². The molecule has 0 unspecified atom stereocenters. The number of ether oxygens (including phenoxy) is 2. The van der Waals surface area contributed by atoms with Gasteiger partial charge in [0.25, 0.3) is 5.91 Å². The highest BCUT2D eigenvalue weighted by Gasteiger charge is 2.18. The van der Waals surface area contributed by atoms with Crippen LogP contribution in [0.5, 0.6) is 11.5 Å². The third kappa shape index (κ3) is 5.00. The fourth-order valence-electron chi connectivity index (χ4n) is 2.88. The number of aryl methyl sites for hydroxylation is 1. The van der Waals surface area contributed by atoms with Crippen molar-refractivity contribution >= 4 is 16.7 Å². The van der Waals surface area contributed by atoms with Crippen molar-refractivity contribution in [3.63, 3.8) is 0 Å². The topological polar surface area (TPSA) is 47.6 Å². The third-order valence-corrected chi connectivity index (χ3v) is 4.42. The van der Waals surface area contributed by atoms with Gasteiger partial charge in [-0.3, -0.25) is 4.79 Å². The van der Waals surface area contributed by atoms with Crippen molar-refractivity contribution < 1.29 is 14.3 Å². The van der Waals surface area contributed by atoms with E-state index < -0.39 is 6.10 Å². The fraction of sp³-hybridized carbons (Fsp3) is 0.261. The van der Waals surface area contributed by atoms with E-state index in [1.807, 2.05) is 68.4 Å². The highest BCUT2D eigenvalue weighted by Crippen LogP contribution is 2.20. The second-order valence-electron chi connectivity index (χ2n) is 6.43. The largest absolute Gasteiger partial charge is 0.492 e. The average Bonchev–Trinajstić information content (AvgIpc) is 2.70. The molecule has 3 aromatic rings. The standard InChI is InChI=1S/C23H25NO3/c1-3-21(27-22-11-7-4-8-17(22)2)23(25)24-14-15-26-20-13-12-18-9-5-6-10-19(18)16-20/h4-13,16,21H,3,14-15H2,1-2H3,(H,24,25)/t21-/m1/s1. The molecule has 0 saturated carbocycles. The van der Waals surface area contributed by atoms with Crippen LogP contribution >= 0.6 is 0 Å². The molecule has 0 fully saturated rings. The Labute approximate surface area is 160 Å². The van der Waals surface area contributed by atoms with Crippen molar-refractivity contribution in [1.82, 2.24) is 5.32 Å². The predicted molar refractivity (Wildman–Crippen MR) is 108 cm³/mol. The Balaban J connectivity index is 1.48. The quantitative estimate of drug-likeness (QED) is 0.600. The van der Waals surface area contributed by atoms with E-state index in [2.05, 4.69) is 17.4 Å². The second kappa shape index (κ2) is 9.08. The summed E-state index contributed by atoms with van der Waals surface area (Å²) in [5.74, 6) is 1.42. The second-order valence-corrected chi connectivity index (χ2v) is 6.43. The molecular formula is C23H25NO3. The zero-order valence-corrected chi connectivity index (χ0v) is 15.8. The van der Waals surface area contributed by atoms with Crippen molar-refractivity contribution in [3.8, 4) is 11.5 Å². The van der Waals surface area contributed by atoms with E-state index in [9.17, 15) is 4.79 Å². The van der Waals surface area contributed by atoms with Crippen molar-refractivity contribution in [2.45, 2.75) is 26.4 Å². The van der Waals surface area contributed by atoms with Gasteiger partial charge in [0.15, 0.2) is 6.10 Å². The van der Waals surface area contributed by atoms with Gasteiger partial charge in [-0.25, -0.2) is 0 Å². The molecule has 4 heteroatoms. The first-order valence-corrected chi connectivity index (χ1v) is 9.29. The molecule has 1 amide bonds. The van der Waals surface area contributed by atoms with E-state index in [-0.39, 0.29) is 5.91 Å². The van der Waals surface area contributed by atoms with Gasteiger partial charge in [0.2, 0.25) is 0 Å². The van der Waals surface area contributed by atoms with E-state index in [4.69, 9.17) is 9.47 Å². The van der Waals surface area contributed by atoms with Crippen LogP contribution in [0.4, 0.5) is 0 Å². The molecule has 0 radical (unpaired) electrons. The molecule has 0 spiro atoms. The molecule has 3 rings (SSSR count). The van der Waals surface area contributed by atoms with Gasteiger partial charge in [0.1, 0.15) is 18.1 Å². The summed E-state index contributed by atoms with van der Waals surface area (Å²) in [6, 6.07) is 21.8. The maximum Gasteiger partial charge on any atom is 0.261 e. The monoisotopic (exact) mass is 363 g/mol. The van der Waals surface area contributed by atoms with Crippen LogP contribution in [0.25, 0.3) is 10.8 Å². The zero-order valence-electron chi connectivity index (χ0n) is 15.8. The average molecular weight is 363 g/mol. The number of nitrogens with one attached hydrogen (secondary N) is 1. The minimum Gasteiger partial charge on any atom is -0.492 e. The van der Waals surface area contributed by atoms with Crippen molar-refractivity contribution in [2.24, 2.45) is 0 Å². The number of hydrogen-bond acceptors (Lipinski definition) is 3. The number of rotatable bonds is 8. The summed E-state index contributed by atoms with van der Waals surface area (Å²) in [5.41, 5.74) is 1.02. The van der Waals surface area contributed by atoms with Crippen LogP contribution in [0.2, 0.25) is 0 Å². The highest BCUT2D eigenvalue weighted by molar-refractivity contribution is 5.83. The van der Waals surface area contributed by atoms with Crippen LogP contribution < -0.4 is 14.8 Å². The number of fused-ring (bicyclic) bond motifs is 1. The van der Waals surface area contributed by atoms with Crippen molar-refractivity contribution in [1.29, 1.82) is 0 Å². The first kappa shape index (κ1) is 18.8. The molecule has 0 saturated heterocycles. The Morgan fingerprint density at radius 1 is 1.00 bits per heavy atom. The van der Waals surface area contributed by atoms with Gasteiger partial charge >= 0.3 is 0 Å². The fourth-order valence-corrected chi connectivity index (χ4v) is 2.88. The molecule has 0 aliphatic rings. The molecule has 0 aromatic heterocycles. The smallest absolute Gasteiger partial charge is 0.261 e. The summed E-state index contributed by atoms with van der Waals surface area (Å²) >= 11 is 0. The lowest BCUT2D eigenvalue weighted by Crippen LogP contribution is -2.39. The first-order valence-electron chi connectivity index (χ1n) is 9.29. The molecular weight excluding hydrogens is 338 g/mol. The molecule has 0 aliphatic heterocycles. The lowest BCUT2D eigenvalue weighted by Gasteiger charge is -2.18. The van der Waals surface area contributed by atoms with Gasteiger partial charge in [-0.2, -0.15) is 0 Å². The Morgan fingerprint density at radius 2 is 1.74 bits per heavy atom. The zero-order chi connectivity index (χ0) is 19.1.